The third-order valence-electron chi connectivity index (χ3n) is 3.49. The molecule has 1 aliphatic rings. The van der Waals surface area contributed by atoms with Crippen LogP contribution < -0.4 is 5.73 Å². The van der Waals surface area contributed by atoms with Gasteiger partial charge in [-0.3, -0.25) is 0 Å². The van der Waals surface area contributed by atoms with Crippen molar-refractivity contribution in [2.45, 2.75) is 38.3 Å². The van der Waals surface area contributed by atoms with Gasteiger partial charge in [0.1, 0.15) is 0 Å². The second-order valence-electron chi connectivity index (χ2n) is 4.73. The third kappa shape index (κ3) is 2.73. The molecular formula is C13H16F3N. The molecule has 0 amide bonds. The van der Waals surface area contributed by atoms with Crippen LogP contribution >= 0.6 is 0 Å². The Labute approximate surface area is 98.8 Å². The summed E-state index contributed by atoms with van der Waals surface area (Å²) in [6, 6.07) is 4.21. The Bertz CT molecular complexity index is 392. The van der Waals surface area contributed by atoms with Crippen LogP contribution in [-0.2, 0) is 12.6 Å². The predicted molar refractivity (Wildman–Crippen MR) is 61.5 cm³/mol. The summed E-state index contributed by atoms with van der Waals surface area (Å²) in [7, 11) is 0. The molecule has 0 saturated heterocycles. The third-order valence-corrected chi connectivity index (χ3v) is 3.49. The van der Waals surface area contributed by atoms with Crippen LogP contribution in [0.15, 0.2) is 18.2 Å². The van der Waals surface area contributed by atoms with Gasteiger partial charge in [-0.1, -0.05) is 37.8 Å². The van der Waals surface area contributed by atoms with Crippen molar-refractivity contribution in [3.05, 3.63) is 29.3 Å². The van der Waals surface area contributed by atoms with Gasteiger partial charge >= 0.3 is 6.18 Å². The van der Waals surface area contributed by atoms with E-state index in [0.717, 1.165) is 18.9 Å². The van der Waals surface area contributed by atoms with E-state index in [2.05, 4.69) is 0 Å². The fourth-order valence-corrected chi connectivity index (χ4v) is 2.56. The van der Waals surface area contributed by atoms with Crippen molar-refractivity contribution < 1.29 is 13.2 Å². The van der Waals surface area contributed by atoms with Gasteiger partial charge in [0.15, 0.2) is 0 Å². The first kappa shape index (κ1) is 12.3. The van der Waals surface area contributed by atoms with E-state index >= 15 is 0 Å². The Hall–Kier alpha value is -1.19. The molecule has 0 unspecified atom stereocenters. The average Bonchev–Trinajstić information content (AvgIpc) is 2.72. The fourth-order valence-electron chi connectivity index (χ4n) is 2.56. The van der Waals surface area contributed by atoms with Crippen molar-refractivity contribution in [3.8, 4) is 0 Å². The number of anilines is 1. The van der Waals surface area contributed by atoms with Crippen LogP contribution in [0.4, 0.5) is 18.9 Å². The van der Waals surface area contributed by atoms with Gasteiger partial charge in [0.05, 0.1) is 5.56 Å². The van der Waals surface area contributed by atoms with E-state index in [1.807, 2.05) is 0 Å². The Morgan fingerprint density at radius 1 is 1.18 bits per heavy atom. The van der Waals surface area contributed by atoms with E-state index in [9.17, 15) is 13.2 Å². The molecule has 0 aliphatic heterocycles. The van der Waals surface area contributed by atoms with Crippen molar-refractivity contribution in [3.63, 3.8) is 0 Å². The molecule has 4 heteroatoms. The van der Waals surface area contributed by atoms with E-state index in [1.54, 1.807) is 6.07 Å². The topological polar surface area (TPSA) is 26.0 Å². The van der Waals surface area contributed by atoms with Gasteiger partial charge in [-0.2, -0.15) is 13.2 Å². The summed E-state index contributed by atoms with van der Waals surface area (Å²) in [5.41, 5.74) is 5.48. The molecule has 1 aliphatic carbocycles. The number of hydrogen-bond donors (Lipinski definition) is 1. The van der Waals surface area contributed by atoms with Crippen LogP contribution in [0.5, 0.6) is 0 Å². The number of para-hydroxylation sites is 1. The van der Waals surface area contributed by atoms with E-state index < -0.39 is 11.7 Å². The molecule has 0 atom stereocenters. The van der Waals surface area contributed by atoms with Crippen LogP contribution in [0.2, 0.25) is 0 Å². The lowest BCUT2D eigenvalue weighted by Crippen LogP contribution is -2.12. The van der Waals surface area contributed by atoms with Gasteiger partial charge < -0.3 is 5.73 Å². The Morgan fingerprint density at radius 3 is 2.41 bits per heavy atom. The molecule has 0 aromatic heterocycles. The average molecular weight is 243 g/mol. The molecule has 2 rings (SSSR count). The molecule has 2 N–H and O–H groups in total. The number of alkyl halides is 3. The highest BCUT2D eigenvalue weighted by Crippen LogP contribution is 2.37. The first-order valence-electron chi connectivity index (χ1n) is 5.93. The summed E-state index contributed by atoms with van der Waals surface area (Å²) >= 11 is 0. The second kappa shape index (κ2) is 4.59. The molecular weight excluding hydrogens is 227 g/mol. The highest BCUT2D eigenvalue weighted by Gasteiger charge is 2.33. The fraction of sp³-hybridized carbons (Fsp3) is 0.538. The number of rotatable bonds is 2. The highest BCUT2D eigenvalue weighted by atomic mass is 19.4. The maximum Gasteiger partial charge on any atom is 0.418 e. The summed E-state index contributed by atoms with van der Waals surface area (Å²) in [6.45, 7) is 0. The Kier molecular flexibility index (Phi) is 3.31. The minimum atomic E-state index is -4.35. The normalized spacial score (nSPS) is 17.6. The molecule has 1 fully saturated rings. The largest absolute Gasteiger partial charge is 0.418 e. The minimum absolute atomic E-state index is 0.0908. The van der Waals surface area contributed by atoms with Gasteiger partial charge in [0, 0.05) is 5.69 Å². The molecule has 1 aromatic carbocycles. The van der Waals surface area contributed by atoms with Crippen LogP contribution in [0.3, 0.4) is 0 Å². The number of benzene rings is 1. The second-order valence-corrected chi connectivity index (χ2v) is 4.73. The zero-order valence-corrected chi connectivity index (χ0v) is 9.56. The predicted octanol–water partition coefficient (Wildman–Crippen LogP) is 4.02. The molecule has 0 bridgehead atoms. The number of nitrogen functional groups attached to an aromatic ring is 1. The SMILES string of the molecule is Nc1c(CC2CCCC2)cccc1C(F)(F)F. The van der Waals surface area contributed by atoms with Gasteiger partial charge in [0.25, 0.3) is 0 Å². The lowest BCUT2D eigenvalue weighted by molar-refractivity contribution is -0.136. The van der Waals surface area contributed by atoms with Gasteiger partial charge in [0.2, 0.25) is 0 Å². The zero-order valence-electron chi connectivity index (χ0n) is 9.56. The molecule has 0 radical (unpaired) electrons. The van der Waals surface area contributed by atoms with Crippen LogP contribution in [-0.4, -0.2) is 0 Å². The van der Waals surface area contributed by atoms with Crippen molar-refractivity contribution in [2.75, 3.05) is 5.73 Å². The molecule has 94 valence electrons. The smallest absolute Gasteiger partial charge is 0.398 e. The summed E-state index contributed by atoms with van der Waals surface area (Å²) in [6.07, 6.45) is 0.907. The van der Waals surface area contributed by atoms with Crippen LogP contribution in [0, 0.1) is 5.92 Å². The van der Waals surface area contributed by atoms with Crippen molar-refractivity contribution in [1.82, 2.24) is 0 Å². The zero-order chi connectivity index (χ0) is 12.5. The molecule has 1 nitrogen and oxygen atoms in total. The maximum absolute atomic E-state index is 12.7. The van der Waals surface area contributed by atoms with Crippen molar-refractivity contribution in [1.29, 1.82) is 0 Å². The number of nitrogens with two attached hydrogens (primary N) is 1. The Morgan fingerprint density at radius 2 is 1.82 bits per heavy atom. The van der Waals surface area contributed by atoms with Gasteiger partial charge in [-0.05, 0) is 24.0 Å². The standard InChI is InChI=1S/C13H16F3N/c14-13(15,16)11-7-3-6-10(12(11)17)8-9-4-1-2-5-9/h3,6-7,9H,1-2,4-5,8,17H2. The maximum atomic E-state index is 12.7. The molecule has 0 spiro atoms. The highest BCUT2D eigenvalue weighted by molar-refractivity contribution is 5.55. The number of hydrogen-bond acceptors (Lipinski definition) is 1. The minimum Gasteiger partial charge on any atom is -0.398 e. The first-order chi connectivity index (χ1) is 7.98. The molecule has 0 heterocycles. The number of halogens is 3. The first-order valence-corrected chi connectivity index (χ1v) is 5.93. The van der Waals surface area contributed by atoms with Gasteiger partial charge in [-0.25, -0.2) is 0 Å². The van der Waals surface area contributed by atoms with Crippen LogP contribution in [0.25, 0.3) is 0 Å². The lowest BCUT2D eigenvalue weighted by Gasteiger charge is -2.15. The van der Waals surface area contributed by atoms with Crippen LogP contribution in [0.1, 0.15) is 36.8 Å². The van der Waals surface area contributed by atoms with E-state index in [1.165, 1.54) is 18.9 Å². The molecule has 17 heavy (non-hydrogen) atoms. The van der Waals surface area contributed by atoms with E-state index in [4.69, 9.17) is 5.73 Å². The summed E-state index contributed by atoms with van der Waals surface area (Å²) in [5, 5.41) is 0. The molecule has 1 aromatic rings. The van der Waals surface area contributed by atoms with E-state index in [-0.39, 0.29) is 5.69 Å². The summed E-state index contributed by atoms with van der Waals surface area (Å²) < 4.78 is 38.0. The molecule has 1 saturated carbocycles. The van der Waals surface area contributed by atoms with Crippen molar-refractivity contribution >= 4 is 5.69 Å². The monoisotopic (exact) mass is 243 g/mol. The summed E-state index contributed by atoms with van der Waals surface area (Å²) in [4.78, 5) is 0. The van der Waals surface area contributed by atoms with Gasteiger partial charge in [-0.15, -0.1) is 0 Å². The van der Waals surface area contributed by atoms with Crippen molar-refractivity contribution in [2.24, 2.45) is 5.92 Å². The Balaban J connectivity index is 2.22. The summed E-state index contributed by atoms with van der Waals surface area (Å²) in [5.74, 6) is 0.501. The van der Waals surface area contributed by atoms with E-state index in [0.29, 0.717) is 17.9 Å². The lowest BCUT2D eigenvalue weighted by atomic mass is 9.95. The quantitative estimate of drug-likeness (QED) is 0.780.